The lowest BCUT2D eigenvalue weighted by Gasteiger charge is -2.23. The minimum absolute atomic E-state index is 0.0673. The van der Waals surface area contributed by atoms with Gasteiger partial charge in [0, 0.05) is 36.7 Å². The first-order valence-electron chi connectivity index (χ1n) is 7.74. The molecule has 0 radical (unpaired) electrons. The smallest absolute Gasteiger partial charge is 0.228 e. The predicted octanol–water partition coefficient (Wildman–Crippen LogP) is 0.768. The molecule has 4 rings (SSSR count). The van der Waals surface area contributed by atoms with Crippen molar-refractivity contribution >= 4 is 22.6 Å². The van der Waals surface area contributed by atoms with Gasteiger partial charge in [-0.15, -0.1) is 0 Å². The van der Waals surface area contributed by atoms with Crippen molar-refractivity contribution in [3.63, 3.8) is 0 Å². The molecule has 3 heterocycles. The molecule has 22 heavy (non-hydrogen) atoms. The van der Waals surface area contributed by atoms with Crippen LogP contribution in [0, 0.1) is 5.92 Å². The number of rotatable bonds is 4. The second kappa shape index (κ2) is 5.66. The number of pyridine rings is 1. The van der Waals surface area contributed by atoms with E-state index >= 15 is 0 Å². The number of carbonyl (C=O) groups is 1. The van der Waals surface area contributed by atoms with Gasteiger partial charge in [0.2, 0.25) is 5.91 Å². The molecule has 2 aromatic heterocycles. The van der Waals surface area contributed by atoms with E-state index < -0.39 is 0 Å². The molecule has 7 nitrogen and oxygen atoms in total. The molecule has 1 aliphatic heterocycles. The Labute approximate surface area is 128 Å². The normalized spacial score (nSPS) is 21.9. The van der Waals surface area contributed by atoms with Gasteiger partial charge in [0.15, 0.2) is 0 Å². The number of nitrogens with one attached hydrogen (secondary N) is 2. The van der Waals surface area contributed by atoms with Crippen molar-refractivity contribution in [1.29, 1.82) is 0 Å². The van der Waals surface area contributed by atoms with Gasteiger partial charge >= 0.3 is 0 Å². The fourth-order valence-corrected chi connectivity index (χ4v) is 2.69. The molecule has 116 valence electrons. The standard InChI is InChI=1S/C15H19N5O2/c21-15(10-1-2-10)19-14-5-13-11(6-17-14)7-18-20(13)9-12-8-16-3-4-22-12/h5-7,10,12,16H,1-4,8-9H2,(H,17,19,21). The maximum atomic E-state index is 11.8. The number of aromatic nitrogens is 3. The number of amides is 1. The molecule has 1 aliphatic carbocycles. The maximum Gasteiger partial charge on any atom is 0.228 e. The molecule has 7 heteroatoms. The highest BCUT2D eigenvalue weighted by molar-refractivity contribution is 5.94. The Morgan fingerprint density at radius 3 is 3.14 bits per heavy atom. The Kier molecular flexibility index (Phi) is 3.51. The van der Waals surface area contributed by atoms with Crippen LogP contribution in [0.4, 0.5) is 5.82 Å². The lowest BCUT2D eigenvalue weighted by molar-refractivity contribution is -0.117. The summed E-state index contributed by atoms with van der Waals surface area (Å²) in [6.07, 6.45) is 5.64. The number of carbonyl (C=O) groups excluding carboxylic acids is 1. The van der Waals surface area contributed by atoms with Gasteiger partial charge in [-0.25, -0.2) is 4.98 Å². The van der Waals surface area contributed by atoms with Crippen LogP contribution < -0.4 is 10.6 Å². The number of hydrogen-bond acceptors (Lipinski definition) is 5. The van der Waals surface area contributed by atoms with E-state index in [0.717, 1.165) is 43.4 Å². The summed E-state index contributed by atoms with van der Waals surface area (Å²) in [6, 6.07) is 1.89. The average Bonchev–Trinajstić information content (AvgIpc) is 3.32. The monoisotopic (exact) mass is 301 g/mol. The summed E-state index contributed by atoms with van der Waals surface area (Å²) >= 11 is 0. The van der Waals surface area contributed by atoms with Gasteiger partial charge in [-0.3, -0.25) is 9.48 Å². The highest BCUT2D eigenvalue weighted by Gasteiger charge is 2.29. The minimum Gasteiger partial charge on any atom is -0.374 e. The molecule has 0 aromatic carbocycles. The van der Waals surface area contributed by atoms with E-state index in [9.17, 15) is 4.79 Å². The number of hydrogen-bond donors (Lipinski definition) is 2. The van der Waals surface area contributed by atoms with Crippen molar-refractivity contribution in [3.05, 3.63) is 18.5 Å². The highest BCUT2D eigenvalue weighted by Crippen LogP contribution is 2.30. The number of fused-ring (bicyclic) bond motifs is 1. The van der Waals surface area contributed by atoms with E-state index in [1.54, 1.807) is 12.4 Å². The Morgan fingerprint density at radius 1 is 1.45 bits per heavy atom. The van der Waals surface area contributed by atoms with E-state index in [1.807, 2.05) is 10.7 Å². The molecule has 1 amide bonds. The number of morpholine rings is 1. The van der Waals surface area contributed by atoms with Gasteiger partial charge in [0.1, 0.15) is 5.82 Å². The van der Waals surface area contributed by atoms with E-state index in [4.69, 9.17) is 4.74 Å². The van der Waals surface area contributed by atoms with Gasteiger partial charge < -0.3 is 15.4 Å². The summed E-state index contributed by atoms with van der Waals surface area (Å²) < 4.78 is 7.64. The zero-order valence-corrected chi connectivity index (χ0v) is 12.3. The average molecular weight is 301 g/mol. The Balaban J connectivity index is 1.54. The third kappa shape index (κ3) is 2.82. The van der Waals surface area contributed by atoms with Crippen molar-refractivity contribution in [3.8, 4) is 0 Å². The minimum atomic E-state index is 0.0673. The molecule has 1 unspecified atom stereocenters. The van der Waals surface area contributed by atoms with Crippen LogP contribution in [0.25, 0.3) is 10.9 Å². The lowest BCUT2D eigenvalue weighted by atomic mass is 10.3. The van der Waals surface area contributed by atoms with E-state index in [1.165, 1.54) is 0 Å². The van der Waals surface area contributed by atoms with Crippen molar-refractivity contribution < 1.29 is 9.53 Å². The summed E-state index contributed by atoms with van der Waals surface area (Å²) in [4.78, 5) is 16.1. The zero-order chi connectivity index (χ0) is 14.9. The summed E-state index contributed by atoms with van der Waals surface area (Å²) in [5.41, 5.74) is 0.968. The molecular weight excluding hydrogens is 282 g/mol. The van der Waals surface area contributed by atoms with Crippen molar-refractivity contribution in [2.45, 2.75) is 25.5 Å². The Morgan fingerprint density at radius 2 is 2.36 bits per heavy atom. The first kappa shape index (κ1) is 13.7. The molecule has 0 spiro atoms. The van der Waals surface area contributed by atoms with Crippen molar-refractivity contribution in [2.75, 3.05) is 25.0 Å². The summed E-state index contributed by atoms with van der Waals surface area (Å²) in [6.45, 7) is 3.15. The number of ether oxygens (including phenoxy) is 1. The largest absolute Gasteiger partial charge is 0.374 e. The lowest BCUT2D eigenvalue weighted by Crippen LogP contribution is -2.40. The first-order chi connectivity index (χ1) is 10.8. The van der Waals surface area contributed by atoms with Crippen LogP contribution in [0.2, 0.25) is 0 Å². The van der Waals surface area contributed by atoms with Gasteiger partial charge in [0.05, 0.1) is 31.0 Å². The molecule has 2 aromatic rings. The van der Waals surface area contributed by atoms with Gasteiger partial charge in [0.25, 0.3) is 0 Å². The van der Waals surface area contributed by atoms with Gasteiger partial charge in [-0.1, -0.05) is 0 Å². The van der Waals surface area contributed by atoms with Crippen molar-refractivity contribution in [2.24, 2.45) is 5.92 Å². The van der Waals surface area contributed by atoms with Crippen LogP contribution in [-0.2, 0) is 16.1 Å². The number of anilines is 1. The molecule has 2 fully saturated rings. The Bertz CT molecular complexity index is 688. The zero-order valence-electron chi connectivity index (χ0n) is 12.3. The second-order valence-electron chi connectivity index (χ2n) is 5.92. The quantitative estimate of drug-likeness (QED) is 0.872. The SMILES string of the molecule is O=C(Nc1cc2c(cn1)cnn2CC1CNCCO1)C1CC1. The molecule has 2 aliphatic rings. The first-order valence-corrected chi connectivity index (χ1v) is 7.74. The summed E-state index contributed by atoms with van der Waals surface area (Å²) in [5.74, 6) is 0.829. The van der Waals surface area contributed by atoms with E-state index in [2.05, 4.69) is 20.7 Å². The van der Waals surface area contributed by atoms with Crippen LogP contribution in [0.15, 0.2) is 18.5 Å². The Hall–Kier alpha value is -1.99. The molecule has 1 saturated carbocycles. The molecular formula is C15H19N5O2. The fraction of sp³-hybridized carbons (Fsp3) is 0.533. The summed E-state index contributed by atoms with van der Waals surface area (Å²) in [7, 11) is 0. The third-order valence-corrected chi connectivity index (χ3v) is 4.11. The van der Waals surface area contributed by atoms with Gasteiger partial charge in [-0.2, -0.15) is 5.10 Å². The van der Waals surface area contributed by atoms with E-state index in [0.29, 0.717) is 12.4 Å². The molecule has 2 N–H and O–H groups in total. The van der Waals surface area contributed by atoms with Crippen LogP contribution >= 0.6 is 0 Å². The predicted molar refractivity (Wildman–Crippen MR) is 81.5 cm³/mol. The second-order valence-corrected chi connectivity index (χ2v) is 5.92. The van der Waals surface area contributed by atoms with Crippen LogP contribution in [-0.4, -0.2) is 46.5 Å². The van der Waals surface area contributed by atoms with Crippen LogP contribution in [0.1, 0.15) is 12.8 Å². The van der Waals surface area contributed by atoms with Gasteiger partial charge in [-0.05, 0) is 12.8 Å². The third-order valence-electron chi connectivity index (χ3n) is 4.11. The molecule has 1 atom stereocenters. The van der Waals surface area contributed by atoms with Crippen LogP contribution in [0.3, 0.4) is 0 Å². The number of nitrogens with zero attached hydrogens (tertiary/aromatic N) is 3. The van der Waals surface area contributed by atoms with Crippen LogP contribution in [0.5, 0.6) is 0 Å². The maximum absolute atomic E-state index is 11.8. The van der Waals surface area contributed by atoms with Crippen molar-refractivity contribution in [1.82, 2.24) is 20.1 Å². The molecule has 0 bridgehead atoms. The molecule has 1 saturated heterocycles. The highest BCUT2D eigenvalue weighted by atomic mass is 16.5. The fourth-order valence-electron chi connectivity index (χ4n) is 2.69. The van der Waals surface area contributed by atoms with E-state index in [-0.39, 0.29) is 17.9 Å². The topological polar surface area (TPSA) is 81.1 Å². The summed E-state index contributed by atoms with van der Waals surface area (Å²) in [5, 5.41) is 11.6.